The molecule has 0 saturated heterocycles. The molecular weight excluding hydrogens is 468 g/mol. The van der Waals surface area contributed by atoms with Crippen LogP contribution in [0.4, 0.5) is 0 Å². The van der Waals surface area contributed by atoms with E-state index in [0.29, 0.717) is 53.4 Å². The van der Waals surface area contributed by atoms with Crippen LogP contribution in [0, 0.1) is 0 Å². The molecule has 0 radical (unpaired) electrons. The molecule has 1 aromatic heterocycles. The molecule has 0 bridgehead atoms. The summed E-state index contributed by atoms with van der Waals surface area (Å²) in [7, 11) is 1.61. The van der Waals surface area contributed by atoms with E-state index in [2.05, 4.69) is 10.3 Å². The molecule has 0 unspecified atom stereocenters. The maximum absolute atomic E-state index is 13.1. The molecule has 0 fully saturated rings. The number of hydrogen-bond acceptors (Lipinski definition) is 5. The van der Waals surface area contributed by atoms with Crippen molar-refractivity contribution in [3.8, 4) is 22.6 Å². The summed E-state index contributed by atoms with van der Waals surface area (Å²) in [5, 5.41) is 4.00. The van der Waals surface area contributed by atoms with Gasteiger partial charge in [0.1, 0.15) is 24.7 Å². The molecule has 0 atom stereocenters. The van der Waals surface area contributed by atoms with E-state index in [0.717, 1.165) is 27.5 Å². The molecule has 6 rings (SSSR count). The standard InChI is InChI=1S/C30H24N2O5/c1-35-13-14-36-25-10-6-5-9-20(25)21-16-24-26(28-27(21)29(33)32-30(28)34)22-15-19(11-12-23(22)31-24)37-17-18-7-3-2-4-8-18/h2-12,15-16,31H,13-14,17H2,1H3,(H,32,33,34). The van der Waals surface area contributed by atoms with E-state index < -0.39 is 11.8 Å². The average Bonchev–Trinajstić information content (AvgIpc) is 3.43. The van der Waals surface area contributed by atoms with Gasteiger partial charge in [0.15, 0.2) is 0 Å². The van der Waals surface area contributed by atoms with E-state index in [9.17, 15) is 9.59 Å². The number of hydrogen-bond donors (Lipinski definition) is 2. The Morgan fingerprint density at radius 3 is 2.35 bits per heavy atom. The lowest BCUT2D eigenvalue weighted by Crippen LogP contribution is -2.20. The number of methoxy groups -OCH3 is 1. The van der Waals surface area contributed by atoms with Gasteiger partial charge in [-0.2, -0.15) is 0 Å². The molecule has 0 spiro atoms. The number of imide groups is 1. The summed E-state index contributed by atoms with van der Waals surface area (Å²) in [6, 6.07) is 25.0. The highest BCUT2D eigenvalue weighted by molar-refractivity contribution is 6.32. The first-order chi connectivity index (χ1) is 18.1. The van der Waals surface area contributed by atoms with Gasteiger partial charge in [0.2, 0.25) is 0 Å². The second-order valence-corrected chi connectivity index (χ2v) is 8.82. The number of carbonyl (C=O) groups excluding carboxylic acids is 2. The third-order valence-corrected chi connectivity index (χ3v) is 6.51. The van der Waals surface area contributed by atoms with Gasteiger partial charge in [-0.1, -0.05) is 48.5 Å². The molecule has 2 N–H and O–H groups in total. The lowest BCUT2D eigenvalue weighted by atomic mass is 9.92. The third-order valence-electron chi connectivity index (χ3n) is 6.51. The van der Waals surface area contributed by atoms with Crippen LogP contribution in [0.2, 0.25) is 0 Å². The zero-order valence-electron chi connectivity index (χ0n) is 20.2. The Bertz CT molecular complexity index is 1660. The fourth-order valence-corrected chi connectivity index (χ4v) is 4.83. The molecule has 7 heteroatoms. The molecule has 4 aromatic carbocycles. The van der Waals surface area contributed by atoms with Gasteiger partial charge in [0.05, 0.1) is 17.7 Å². The van der Waals surface area contributed by atoms with E-state index in [1.165, 1.54) is 0 Å². The van der Waals surface area contributed by atoms with Crippen molar-refractivity contribution in [2.45, 2.75) is 6.61 Å². The Kier molecular flexibility index (Phi) is 5.82. The molecule has 0 aliphatic carbocycles. The van der Waals surface area contributed by atoms with Gasteiger partial charge >= 0.3 is 0 Å². The SMILES string of the molecule is COCCOc1ccccc1-c1cc2[nH]c3ccc(OCc4ccccc4)cc3c2c2c1C(=O)NC2=O. The van der Waals surface area contributed by atoms with Crippen molar-refractivity contribution in [2.24, 2.45) is 0 Å². The monoisotopic (exact) mass is 492 g/mol. The highest BCUT2D eigenvalue weighted by Crippen LogP contribution is 2.42. The predicted molar refractivity (Wildman–Crippen MR) is 141 cm³/mol. The molecular formula is C30H24N2O5. The number of fused-ring (bicyclic) bond motifs is 5. The maximum Gasteiger partial charge on any atom is 0.259 e. The van der Waals surface area contributed by atoms with Gasteiger partial charge in [-0.05, 0) is 35.9 Å². The second-order valence-electron chi connectivity index (χ2n) is 8.82. The van der Waals surface area contributed by atoms with E-state index in [4.69, 9.17) is 14.2 Å². The summed E-state index contributed by atoms with van der Waals surface area (Å²) >= 11 is 0. The fourth-order valence-electron chi connectivity index (χ4n) is 4.83. The normalized spacial score (nSPS) is 12.7. The van der Waals surface area contributed by atoms with Gasteiger partial charge in [-0.25, -0.2) is 0 Å². The Morgan fingerprint density at radius 2 is 1.51 bits per heavy atom. The molecule has 0 saturated carbocycles. The van der Waals surface area contributed by atoms with Gasteiger partial charge in [-0.15, -0.1) is 0 Å². The van der Waals surface area contributed by atoms with Crippen molar-refractivity contribution in [3.63, 3.8) is 0 Å². The lowest BCUT2D eigenvalue weighted by Gasteiger charge is -2.14. The van der Waals surface area contributed by atoms with Crippen LogP contribution in [-0.4, -0.2) is 37.1 Å². The van der Waals surface area contributed by atoms with E-state index in [1.54, 1.807) is 7.11 Å². The number of aromatic nitrogens is 1. The van der Waals surface area contributed by atoms with Gasteiger partial charge in [-0.3, -0.25) is 14.9 Å². The summed E-state index contributed by atoms with van der Waals surface area (Å²) in [6.45, 7) is 1.22. The van der Waals surface area contributed by atoms with Crippen LogP contribution in [0.15, 0.2) is 78.9 Å². The van der Waals surface area contributed by atoms with Gasteiger partial charge < -0.3 is 19.2 Å². The van der Waals surface area contributed by atoms with Crippen LogP contribution in [-0.2, 0) is 11.3 Å². The number of benzene rings is 4. The van der Waals surface area contributed by atoms with Crippen LogP contribution in [0.1, 0.15) is 26.3 Å². The third kappa shape index (κ3) is 4.09. The largest absolute Gasteiger partial charge is 0.491 e. The first-order valence-corrected chi connectivity index (χ1v) is 12.0. The van der Waals surface area contributed by atoms with E-state index in [1.807, 2.05) is 78.9 Å². The Morgan fingerprint density at radius 1 is 0.730 bits per heavy atom. The minimum atomic E-state index is -0.422. The minimum absolute atomic E-state index is 0.344. The number of amides is 2. The molecule has 1 aliphatic rings. The highest BCUT2D eigenvalue weighted by atomic mass is 16.5. The fraction of sp³-hybridized carbons (Fsp3) is 0.133. The molecule has 1 aliphatic heterocycles. The Balaban J connectivity index is 1.49. The van der Waals surface area contributed by atoms with E-state index >= 15 is 0 Å². The lowest BCUT2D eigenvalue weighted by molar-refractivity contribution is 0.0880. The number of rotatable bonds is 8. The predicted octanol–water partition coefficient (Wildman–Crippen LogP) is 5.48. The first-order valence-electron chi connectivity index (χ1n) is 12.0. The summed E-state index contributed by atoms with van der Waals surface area (Å²) in [5.41, 5.74) is 4.72. The second kappa shape index (κ2) is 9.44. The first kappa shape index (κ1) is 22.8. The number of carbonyl (C=O) groups is 2. The molecule has 2 amide bonds. The van der Waals surface area contributed by atoms with Crippen molar-refractivity contribution in [3.05, 3.63) is 95.6 Å². The van der Waals surface area contributed by atoms with Crippen LogP contribution in [0.25, 0.3) is 32.9 Å². The summed E-state index contributed by atoms with van der Waals surface area (Å²) in [5.74, 6) is 0.452. The number of nitrogens with one attached hydrogen (secondary N) is 2. The maximum atomic E-state index is 13.1. The molecule has 7 nitrogen and oxygen atoms in total. The van der Waals surface area contributed by atoms with Crippen LogP contribution in [0.5, 0.6) is 11.5 Å². The highest BCUT2D eigenvalue weighted by Gasteiger charge is 2.34. The van der Waals surface area contributed by atoms with Gasteiger partial charge in [0, 0.05) is 40.0 Å². The quantitative estimate of drug-likeness (QED) is 0.221. The number of H-pyrrole nitrogens is 1. The number of ether oxygens (including phenoxy) is 3. The average molecular weight is 493 g/mol. The van der Waals surface area contributed by atoms with Crippen molar-refractivity contribution < 1.29 is 23.8 Å². The summed E-state index contributed by atoms with van der Waals surface area (Å²) in [4.78, 5) is 29.5. The number of para-hydroxylation sites is 1. The summed E-state index contributed by atoms with van der Waals surface area (Å²) < 4.78 is 17.1. The Hall–Kier alpha value is -4.62. The molecule has 2 heterocycles. The van der Waals surface area contributed by atoms with Gasteiger partial charge in [0.25, 0.3) is 11.8 Å². The van der Waals surface area contributed by atoms with E-state index in [-0.39, 0.29) is 0 Å². The van der Waals surface area contributed by atoms with Crippen LogP contribution < -0.4 is 14.8 Å². The smallest absolute Gasteiger partial charge is 0.259 e. The minimum Gasteiger partial charge on any atom is -0.491 e. The van der Waals surface area contributed by atoms with Crippen LogP contribution >= 0.6 is 0 Å². The zero-order valence-corrected chi connectivity index (χ0v) is 20.2. The van der Waals surface area contributed by atoms with Crippen molar-refractivity contribution in [2.75, 3.05) is 20.3 Å². The van der Waals surface area contributed by atoms with Crippen molar-refractivity contribution >= 4 is 33.6 Å². The zero-order chi connectivity index (χ0) is 25.4. The molecule has 5 aromatic rings. The topological polar surface area (TPSA) is 89.7 Å². The van der Waals surface area contributed by atoms with Crippen LogP contribution in [0.3, 0.4) is 0 Å². The van der Waals surface area contributed by atoms with Crippen molar-refractivity contribution in [1.29, 1.82) is 0 Å². The Labute approximate surface area is 213 Å². The van der Waals surface area contributed by atoms with Crippen molar-refractivity contribution in [1.82, 2.24) is 10.3 Å². The summed E-state index contributed by atoms with van der Waals surface area (Å²) in [6.07, 6.45) is 0. The molecule has 184 valence electrons. The number of aromatic amines is 1. The molecule has 37 heavy (non-hydrogen) atoms.